The van der Waals surface area contributed by atoms with Gasteiger partial charge in [0.2, 0.25) is 0 Å². The van der Waals surface area contributed by atoms with Gasteiger partial charge in [-0.1, -0.05) is 18.2 Å². The van der Waals surface area contributed by atoms with E-state index in [-0.39, 0.29) is 12.6 Å². The molecule has 142 valence electrons. The molecule has 0 unspecified atom stereocenters. The van der Waals surface area contributed by atoms with Gasteiger partial charge in [-0.3, -0.25) is 9.89 Å². The third-order valence-electron chi connectivity index (χ3n) is 4.69. The fourth-order valence-corrected chi connectivity index (χ4v) is 3.31. The van der Waals surface area contributed by atoms with Crippen LogP contribution in [0.1, 0.15) is 18.6 Å². The van der Waals surface area contributed by atoms with Crippen LogP contribution in [0.2, 0.25) is 0 Å². The van der Waals surface area contributed by atoms with Crippen molar-refractivity contribution in [3.8, 4) is 0 Å². The molecule has 2 N–H and O–H groups in total. The number of hydrogen-bond donors (Lipinski definition) is 2. The zero-order valence-electron chi connectivity index (χ0n) is 15.0. The Bertz CT molecular complexity index is 690. The molecule has 2 aromatic rings. The maximum Gasteiger partial charge on any atom is 0.251 e. The van der Waals surface area contributed by atoms with E-state index >= 15 is 0 Å². The largest absolute Gasteiger partial charge is 0.461 e. The molecular weight excluding hydrogens is 338 g/mol. The first-order valence-electron chi connectivity index (χ1n) is 9.09. The van der Waals surface area contributed by atoms with Crippen molar-refractivity contribution >= 4 is 16.9 Å². The van der Waals surface area contributed by atoms with E-state index in [1.807, 2.05) is 29.2 Å². The van der Waals surface area contributed by atoms with Gasteiger partial charge in [0.15, 0.2) is 5.96 Å². The number of nitrogens with zero attached hydrogens (tertiary/aromatic N) is 2. The Kier molecular flexibility index (Phi) is 6.44. The van der Waals surface area contributed by atoms with E-state index in [0.717, 1.165) is 42.0 Å². The van der Waals surface area contributed by atoms with E-state index in [0.29, 0.717) is 19.6 Å². The second-order valence-electron chi connectivity index (χ2n) is 6.61. The van der Waals surface area contributed by atoms with Crippen molar-refractivity contribution in [3.05, 3.63) is 36.1 Å². The van der Waals surface area contributed by atoms with Crippen LogP contribution in [0, 0.1) is 0 Å². The molecule has 0 saturated carbocycles. The van der Waals surface area contributed by atoms with Gasteiger partial charge in [0.05, 0.1) is 6.54 Å². The minimum Gasteiger partial charge on any atom is -0.461 e. The zero-order chi connectivity index (χ0) is 18.4. The van der Waals surface area contributed by atoms with E-state index in [2.05, 4.69) is 21.7 Å². The highest BCUT2D eigenvalue weighted by Gasteiger charge is 2.21. The summed E-state index contributed by atoms with van der Waals surface area (Å²) in [4.78, 5) is 6.07. The van der Waals surface area contributed by atoms with Gasteiger partial charge in [-0.15, -0.1) is 0 Å². The second-order valence-corrected chi connectivity index (χ2v) is 6.61. The maximum absolute atomic E-state index is 12.4. The van der Waals surface area contributed by atoms with E-state index in [1.54, 1.807) is 7.05 Å². The van der Waals surface area contributed by atoms with Gasteiger partial charge >= 0.3 is 0 Å². The summed E-state index contributed by atoms with van der Waals surface area (Å²) in [7, 11) is 1.74. The summed E-state index contributed by atoms with van der Waals surface area (Å²) >= 11 is 0. The van der Waals surface area contributed by atoms with Gasteiger partial charge in [-0.05, 0) is 25.0 Å². The molecule has 1 aliphatic rings. The maximum atomic E-state index is 12.4. The third-order valence-corrected chi connectivity index (χ3v) is 4.69. The van der Waals surface area contributed by atoms with Gasteiger partial charge in [-0.25, -0.2) is 8.78 Å². The zero-order valence-corrected chi connectivity index (χ0v) is 15.0. The molecule has 7 heteroatoms. The van der Waals surface area contributed by atoms with Gasteiger partial charge in [-0.2, -0.15) is 0 Å². The summed E-state index contributed by atoms with van der Waals surface area (Å²) in [6.45, 7) is 1.97. The molecule has 0 bridgehead atoms. The fourth-order valence-electron chi connectivity index (χ4n) is 3.31. The van der Waals surface area contributed by atoms with E-state index in [9.17, 15) is 8.78 Å². The Morgan fingerprint density at radius 3 is 2.77 bits per heavy atom. The van der Waals surface area contributed by atoms with Crippen LogP contribution in [0.25, 0.3) is 11.0 Å². The molecular formula is C19H26F2N4O. The summed E-state index contributed by atoms with van der Waals surface area (Å²) in [6.07, 6.45) is 0.197. The Morgan fingerprint density at radius 2 is 2.08 bits per heavy atom. The number of benzene rings is 1. The molecule has 0 radical (unpaired) electrons. The SMILES string of the molecule is CN=C(NCCc1cc2ccccc2o1)NC1CCN(CC(F)F)CC1. The molecule has 1 aromatic carbocycles. The van der Waals surface area contributed by atoms with Gasteiger partial charge in [0, 0.05) is 44.5 Å². The topological polar surface area (TPSA) is 52.8 Å². The van der Waals surface area contributed by atoms with Crippen molar-refractivity contribution in [2.75, 3.05) is 33.2 Å². The van der Waals surface area contributed by atoms with E-state index < -0.39 is 6.43 Å². The Labute approximate surface area is 152 Å². The second kappa shape index (κ2) is 8.98. The van der Waals surface area contributed by atoms with Crippen LogP contribution in [-0.4, -0.2) is 56.6 Å². The molecule has 0 spiro atoms. The first kappa shape index (κ1) is 18.6. The average molecular weight is 364 g/mol. The number of likely N-dealkylation sites (tertiary alicyclic amines) is 1. The van der Waals surface area contributed by atoms with Crippen LogP contribution < -0.4 is 10.6 Å². The molecule has 2 heterocycles. The number of guanidine groups is 1. The van der Waals surface area contributed by atoms with Crippen LogP contribution >= 0.6 is 0 Å². The number of rotatable bonds is 6. The van der Waals surface area contributed by atoms with Crippen LogP contribution in [-0.2, 0) is 6.42 Å². The molecule has 1 saturated heterocycles. The molecule has 0 amide bonds. The van der Waals surface area contributed by atoms with Crippen molar-refractivity contribution in [3.63, 3.8) is 0 Å². The fraction of sp³-hybridized carbons (Fsp3) is 0.526. The van der Waals surface area contributed by atoms with E-state index in [4.69, 9.17) is 4.42 Å². The minimum atomic E-state index is -2.26. The summed E-state index contributed by atoms with van der Waals surface area (Å²) in [5, 5.41) is 7.80. The van der Waals surface area contributed by atoms with Crippen LogP contribution in [0.15, 0.2) is 39.7 Å². The average Bonchev–Trinajstić information content (AvgIpc) is 3.04. The molecule has 5 nitrogen and oxygen atoms in total. The normalized spacial score (nSPS) is 17.2. The number of fused-ring (bicyclic) bond motifs is 1. The van der Waals surface area contributed by atoms with Crippen LogP contribution in [0.5, 0.6) is 0 Å². The lowest BCUT2D eigenvalue weighted by molar-refractivity contribution is 0.0744. The van der Waals surface area contributed by atoms with Gasteiger partial charge < -0.3 is 15.1 Å². The van der Waals surface area contributed by atoms with Crippen LogP contribution in [0.3, 0.4) is 0 Å². The molecule has 3 rings (SSSR count). The molecule has 0 aliphatic carbocycles. The monoisotopic (exact) mass is 364 g/mol. The summed E-state index contributed by atoms with van der Waals surface area (Å²) < 4.78 is 30.7. The highest BCUT2D eigenvalue weighted by atomic mass is 19.3. The predicted molar refractivity (Wildman–Crippen MR) is 99.9 cm³/mol. The minimum absolute atomic E-state index is 0.128. The summed E-state index contributed by atoms with van der Waals surface area (Å²) in [5.74, 6) is 1.68. The number of aliphatic imine (C=N–C) groups is 1. The Hall–Kier alpha value is -2.15. The van der Waals surface area contributed by atoms with E-state index in [1.165, 1.54) is 0 Å². The third kappa shape index (κ3) is 5.17. The first-order valence-corrected chi connectivity index (χ1v) is 9.09. The number of alkyl halides is 2. The lowest BCUT2D eigenvalue weighted by atomic mass is 10.1. The number of para-hydroxylation sites is 1. The predicted octanol–water partition coefficient (Wildman–Crippen LogP) is 2.87. The van der Waals surface area contributed by atoms with Gasteiger partial charge in [0.1, 0.15) is 11.3 Å². The van der Waals surface area contributed by atoms with Crippen molar-refractivity contribution in [2.45, 2.75) is 31.7 Å². The molecule has 1 aliphatic heterocycles. The molecule has 1 fully saturated rings. The number of piperidine rings is 1. The number of nitrogens with one attached hydrogen (secondary N) is 2. The van der Waals surface area contributed by atoms with Crippen molar-refractivity contribution in [1.82, 2.24) is 15.5 Å². The molecule has 1 aromatic heterocycles. The Balaban J connectivity index is 1.41. The highest BCUT2D eigenvalue weighted by molar-refractivity contribution is 5.80. The first-order chi connectivity index (χ1) is 12.6. The number of hydrogen-bond acceptors (Lipinski definition) is 3. The quantitative estimate of drug-likeness (QED) is 0.611. The Morgan fingerprint density at radius 1 is 1.31 bits per heavy atom. The van der Waals surface area contributed by atoms with Gasteiger partial charge in [0.25, 0.3) is 6.43 Å². The van der Waals surface area contributed by atoms with Crippen LogP contribution in [0.4, 0.5) is 8.78 Å². The van der Waals surface area contributed by atoms with Crippen molar-refractivity contribution < 1.29 is 13.2 Å². The smallest absolute Gasteiger partial charge is 0.251 e. The summed E-state index contributed by atoms with van der Waals surface area (Å²) in [5.41, 5.74) is 0.903. The summed E-state index contributed by atoms with van der Waals surface area (Å²) in [6, 6.07) is 10.3. The highest BCUT2D eigenvalue weighted by Crippen LogP contribution is 2.18. The number of halogens is 2. The molecule has 26 heavy (non-hydrogen) atoms. The van der Waals surface area contributed by atoms with Crippen molar-refractivity contribution in [2.24, 2.45) is 4.99 Å². The van der Waals surface area contributed by atoms with Crippen molar-refractivity contribution in [1.29, 1.82) is 0 Å². The standard InChI is InChI=1S/C19H26F2N4O/c1-22-19(24-15-7-10-25(11-8-15)13-18(20)21)23-9-6-16-12-14-4-2-3-5-17(14)26-16/h2-5,12,15,18H,6-11,13H2,1H3,(H2,22,23,24). The number of furan rings is 1. The lowest BCUT2D eigenvalue weighted by Crippen LogP contribution is -2.49. The molecule has 0 atom stereocenters. The lowest BCUT2D eigenvalue weighted by Gasteiger charge is -2.32.